The highest BCUT2D eigenvalue weighted by Gasteiger charge is 2.29. The van der Waals surface area contributed by atoms with Gasteiger partial charge in [0.05, 0.1) is 6.61 Å². The summed E-state index contributed by atoms with van der Waals surface area (Å²) < 4.78 is 5.68. The van der Waals surface area contributed by atoms with Gasteiger partial charge >= 0.3 is 0 Å². The van der Waals surface area contributed by atoms with Crippen LogP contribution >= 0.6 is 0 Å². The van der Waals surface area contributed by atoms with Gasteiger partial charge in [0.15, 0.2) is 5.78 Å². The lowest BCUT2D eigenvalue weighted by molar-refractivity contribution is -0.133. The van der Waals surface area contributed by atoms with E-state index in [2.05, 4.69) is 24.8 Å². The molecule has 0 bridgehead atoms. The summed E-state index contributed by atoms with van der Waals surface area (Å²) in [4.78, 5) is 14.8. The van der Waals surface area contributed by atoms with Crippen molar-refractivity contribution in [2.75, 3.05) is 19.7 Å². The molecule has 3 nitrogen and oxygen atoms in total. The van der Waals surface area contributed by atoms with E-state index >= 15 is 0 Å². The number of nitrogens with zero attached hydrogens (tertiary/aromatic N) is 1. The van der Waals surface area contributed by atoms with Gasteiger partial charge in [-0.15, -0.1) is 0 Å². The Bertz CT molecular complexity index is 322. The van der Waals surface area contributed by atoms with E-state index in [0.29, 0.717) is 12.6 Å². The number of morpholine rings is 1. The highest BCUT2D eigenvalue weighted by atomic mass is 16.5. The highest BCUT2D eigenvalue weighted by molar-refractivity contribution is 5.99. The molecule has 0 saturated carbocycles. The molecule has 1 unspecified atom stereocenters. The second-order valence-corrected chi connectivity index (χ2v) is 5.64. The van der Waals surface area contributed by atoms with E-state index in [1.807, 2.05) is 0 Å². The van der Waals surface area contributed by atoms with E-state index in [1.165, 1.54) is 12.8 Å². The summed E-state index contributed by atoms with van der Waals surface area (Å²) in [5.74, 6) is 0.238. The van der Waals surface area contributed by atoms with Gasteiger partial charge in [0.2, 0.25) is 0 Å². The Morgan fingerprint density at radius 1 is 1.39 bits per heavy atom. The highest BCUT2D eigenvalue weighted by Crippen LogP contribution is 2.21. The van der Waals surface area contributed by atoms with Crippen molar-refractivity contribution in [2.24, 2.45) is 0 Å². The van der Waals surface area contributed by atoms with Gasteiger partial charge in [-0.05, 0) is 45.1 Å². The molecule has 0 radical (unpaired) electrons. The molecule has 1 aliphatic heterocycles. The van der Waals surface area contributed by atoms with Crippen molar-refractivity contribution in [3.05, 3.63) is 11.6 Å². The summed E-state index contributed by atoms with van der Waals surface area (Å²) >= 11 is 0. The fourth-order valence-corrected chi connectivity index (χ4v) is 2.74. The van der Waals surface area contributed by atoms with Gasteiger partial charge in [-0.3, -0.25) is 9.69 Å². The van der Waals surface area contributed by atoms with Crippen LogP contribution in [0.3, 0.4) is 0 Å². The molecule has 0 spiro atoms. The van der Waals surface area contributed by atoms with Crippen molar-refractivity contribution in [2.45, 2.75) is 58.1 Å². The lowest BCUT2D eigenvalue weighted by Crippen LogP contribution is -2.49. The molecule has 1 atom stereocenters. The molecule has 3 heteroatoms. The van der Waals surface area contributed by atoms with Crippen LogP contribution in [0, 0.1) is 0 Å². The van der Waals surface area contributed by atoms with Gasteiger partial charge in [-0.25, -0.2) is 0 Å². The number of ether oxygens (including phenoxy) is 1. The number of hydrogen-bond acceptors (Lipinski definition) is 3. The van der Waals surface area contributed by atoms with Gasteiger partial charge in [0.1, 0.15) is 6.10 Å². The predicted octanol–water partition coefficient (Wildman–Crippen LogP) is 2.56. The van der Waals surface area contributed by atoms with Crippen LogP contribution in [0.25, 0.3) is 0 Å². The molecule has 1 fully saturated rings. The van der Waals surface area contributed by atoms with E-state index in [0.717, 1.165) is 37.9 Å². The van der Waals surface area contributed by atoms with Crippen molar-refractivity contribution in [1.29, 1.82) is 0 Å². The minimum Gasteiger partial charge on any atom is -0.367 e. The Kier molecular flexibility index (Phi) is 4.95. The first-order chi connectivity index (χ1) is 8.68. The van der Waals surface area contributed by atoms with Crippen LogP contribution in [0.15, 0.2) is 11.6 Å². The van der Waals surface area contributed by atoms with E-state index in [4.69, 9.17) is 4.74 Å². The Hall–Kier alpha value is -0.670. The molecule has 1 saturated heterocycles. The number of carbonyl (C=O) groups is 1. The summed E-state index contributed by atoms with van der Waals surface area (Å²) in [7, 11) is 0. The molecular formula is C15H25NO2. The zero-order chi connectivity index (χ0) is 13.0. The van der Waals surface area contributed by atoms with E-state index < -0.39 is 0 Å². The Balaban J connectivity index is 1.97. The summed E-state index contributed by atoms with van der Waals surface area (Å²) in [5, 5.41) is 0. The average molecular weight is 251 g/mol. The monoisotopic (exact) mass is 251 g/mol. The third-order valence-corrected chi connectivity index (χ3v) is 3.98. The van der Waals surface area contributed by atoms with E-state index in [9.17, 15) is 4.79 Å². The molecule has 0 aromatic rings. The quantitative estimate of drug-likeness (QED) is 0.772. The van der Waals surface area contributed by atoms with Crippen LogP contribution in [0.4, 0.5) is 0 Å². The van der Waals surface area contributed by atoms with Crippen molar-refractivity contribution in [3.8, 4) is 0 Å². The number of hydrogen-bond donors (Lipinski definition) is 0. The van der Waals surface area contributed by atoms with Crippen LogP contribution in [0.1, 0.15) is 46.0 Å². The normalized spacial score (nSPS) is 26.8. The molecular weight excluding hydrogens is 226 g/mol. The minimum absolute atomic E-state index is 0.231. The van der Waals surface area contributed by atoms with Crippen LogP contribution in [0.5, 0.6) is 0 Å². The van der Waals surface area contributed by atoms with Crippen molar-refractivity contribution < 1.29 is 9.53 Å². The fraction of sp³-hybridized carbons (Fsp3) is 0.800. The molecule has 1 heterocycles. The number of ketones is 1. The average Bonchev–Trinajstić information content (AvgIpc) is 2.67. The maximum Gasteiger partial charge on any atom is 0.188 e. The molecule has 102 valence electrons. The van der Waals surface area contributed by atoms with Gasteiger partial charge in [-0.2, -0.15) is 0 Å². The largest absolute Gasteiger partial charge is 0.367 e. The lowest BCUT2D eigenvalue weighted by atomic mass is 10.0. The van der Waals surface area contributed by atoms with Crippen molar-refractivity contribution in [1.82, 2.24) is 4.90 Å². The summed E-state index contributed by atoms with van der Waals surface area (Å²) in [5.41, 5.74) is 1.02. The maximum atomic E-state index is 12.5. The molecule has 2 aliphatic rings. The second-order valence-electron chi connectivity index (χ2n) is 5.64. The Morgan fingerprint density at radius 2 is 2.22 bits per heavy atom. The summed E-state index contributed by atoms with van der Waals surface area (Å²) in [6.45, 7) is 6.74. The van der Waals surface area contributed by atoms with Crippen molar-refractivity contribution >= 4 is 5.78 Å². The number of carbonyl (C=O) groups excluding carboxylic acids is 1. The Labute approximate surface area is 110 Å². The molecule has 0 aromatic carbocycles. The first kappa shape index (κ1) is 13.8. The number of allylic oxidation sites excluding steroid dienone is 1. The summed E-state index contributed by atoms with van der Waals surface area (Å²) in [6, 6.07) is 0.493. The maximum absolute atomic E-state index is 12.5. The van der Waals surface area contributed by atoms with Gasteiger partial charge < -0.3 is 4.74 Å². The molecule has 0 N–H and O–H groups in total. The molecule has 18 heavy (non-hydrogen) atoms. The predicted molar refractivity (Wildman–Crippen MR) is 72.6 cm³/mol. The minimum atomic E-state index is -0.231. The zero-order valence-corrected chi connectivity index (χ0v) is 11.7. The first-order valence-electron chi connectivity index (χ1n) is 7.27. The second kappa shape index (κ2) is 6.48. The molecule has 1 aliphatic carbocycles. The van der Waals surface area contributed by atoms with E-state index in [-0.39, 0.29) is 11.9 Å². The van der Waals surface area contributed by atoms with Gasteiger partial charge in [-0.1, -0.05) is 12.5 Å². The number of rotatable bonds is 3. The smallest absolute Gasteiger partial charge is 0.188 e. The van der Waals surface area contributed by atoms with Crippen molar-refractivity contribution in [3.63, 3.8) is 0 Å². The third kappa shape index (κ3) is 3.42. The topological polar surface area (TPSA) is 29.5 Å². The van der Waals surface area contributed by atoms with Crippen LogP contribution in [0.2, 0.25) is 0 Å². The molecule has 0 amide bonds. The van der Waals surface area contributed by atoms with Gasteiger partial charge in [0, 0.05) is 19.1 Å². The van der Waals surface area contributed by atoms with Crippen LogP contribution < -0.4 is 0 Å². The third-order valence-electron chi connectivity index (χ3n) is 3.98. The van der Waals surface area contributed by atoms with Gasteiger partial charge in [0.25, 0.3) is 0 Å². The molecule has 0 aromatic heterocycles. The molecule has 2 rings (SSSR count). The Morgan fingerprint density at radius 3 is 3.00 bits per heavy atom. The van der Waals surface area contributed by atoms with Crippen LogP contribution in [-0.2, 0) is 9.53 Å². The van der Waals surface area contributed by atoms with Crippen LogP contribution in [-0.4, -0.2) is 42.5 Å². The lowest BCUT2D eigenvalue weighted by Gasteiger charge is -2.35. The fourth-order valence-electron chi connectivity index (χ4n) is 2.74. The number of Topliss-reactive ketones (excluding diaryl/α,β-unsaturated/α-hetero) is 1. The zero-order valence-electron chi connectivity index (χ0n) is 11.7. The van der Waals surface area contributed by atoms with E-state index in [1.54, 1.807) is 0 Å². The SMILES string of the molecule is CC(C)N1CCOC(C(=O)C2=CCCCCC2)C1. The summed E-state index contributed by atoms with van der Waals surface area (Å²) in [6.07, 6.45) is 7.54. The first-order valence-corrected chi connectivity index (χ1v) is 7.27. The standard InChI is InChI=1S/C15H25NO2/c1-12(2)16-9-10-18-14(11-16)15(17)13-7-5-3-4-6-8-13/h7,12,14H,3-6,8-11H2,1-2H3.